The molecule has 106 valence electrons. The van der Waals surface area contributed by atoms with E-state index < -0.39 is 0 Å². The predicted molar refractivity (Wildman–Crippen MR) is 80.9 cm³/mol. The molecule has 0 atom stereocenters. The second-order valence-electron chi connectivity index (χ2n) is 4.53. The summed E-state index contributed by atoms with van der Waals surface area (Å²) < 4.78 is 2.42. The Morgan fingerprint density at radius 3 is 2.65 bits per heavy atom. The van der Waals surface area contributed by atoms with Crippen molar-refractivity contribution >= 4 is 21.6 Å². The van der Waals surface area contributed by atoms with Gasteiger partial charge in [0, 0.05) is 11.8 Å². The highest BCUT2D eigenvalue weighted by Gasteiger charge is 2.13. The SMILES string of the molecule is CCc1cc(CC)n(Cc2ccc(Br)c([N+](=O)[O-])c2)n1. The summed E-state index contributed by atoms with van der Waals surface area (Å²) in [5.74, 6) is 0. The minimum atomic E-state index is -0.380. The van der Waals surface area contributed by atoms with Gasteiger partial charge in [0.2, 0.25) is 0 Å². The molecule has 0 radical (unpaired) electrons. The minimum Gasteiger partial charge on any atom is -0.265 e. The van der Waals surface area contributed by atoms with Gasteiger partial charge in [-0.15, -0.1) is 0 Å². The Labute approximate surface area is 125 Å². The van der Waals surface area contributed by atoms with Gasteiger partial charge in [0.05, 0.1) is 21.6 Å². The largest absolute Gasteiger partial charge is 0.283 e. The highest BCUT2D eigenvalue weighted by Crippen LogP contribution is 2.26. The van der Waals surface area contributed by atoms with Crippen molar-refractivity contribution in [2.24, 2.45) is 0 Å². The fourth-order valence-corrected chi connectivity index (χ4v) is 2.47. The van der Waals surface area contributed by atoms with Gasteiger partial charge in [-0.05, 0) is 46.5 Å². The number of aromatic nitrogens is 2. The first-order valence-electron chi connectivity index (χ1n) is 6.53. The number of hydrogen-bond donors (Lipinski definition) is 0. The van der Waals surface area contributed by atoms with Crippen LogP contribution in [0, 0.1) is 10.1 Å². The van der Waals surface area contributed by atoms with Crippen LogP contribution >= 0.6 is 15.9 Å². The third kappa shape index (κ3) is 3.07. The Morgan fingerprint density at radius 1 is 1.30 bits per heavy atom. The maximum atomic E-state index is 11.0. The third-order valence-electron chi connectivity index (χ3n) is 3.18. The normalized spacial score (nSPS) is 10.8. The van der Waals surface area contributed by atoms with Gasteiger partial charge in [-0.3, -0.25) is 14.8 Å². The molecule has 2 aromatic rings. The second-order valence-corrected chi connectivity index (χ2v) is 5.39. The second kappa shape index (κ2) is 6.17. The first-order chi connectivity index (χ1) is 9.55. The molecule has 0 unspecified atom stereocenters. The van der Waals surface area contributed by atoms with E-state index in [0.717, 1.165) is 29.8 Å². The van der Waals surface area contributed by atoms with E-state index in [0.29, 0.717) is 11.0 Å². The summed E-state index contributed by atoms with van der Waals surface area (Å²) in [7, 11) is 0. The molecule has 0 aliphatic carbocycles. The van der Waals surface area contributed by atoms with E-state index in [1.807, 2.05) is 10.7 Å². The average molecular weight is 338 g/mol. The zero-order chi connectivity index (χ0) is 14.7. The van der Waals surface area contributed by atoms with Crippen LogP contribution in [0.4, 0.5) is 5.69 Å². The Hall–Kier alpha value is -1.69. The summed E-state index contributed by atoms with van der Waals surface area (Å²) in [4.78, 5) is 10.6. The molecule has 0 saturated carbocycles. The number of nitro benzene ring substituents is 1. The van der Waals surface area contributed by atoms with Crippen LogP contribution in [0.25, 0.3) is 0 Å². The Morgan fingerprint density at radius 2 is 2.05 bits per heavy atom. The van der Waals surface area contributed by atoms with Crippen molar-refractivity contribution in [2.45, 2.75) is 33.2 Å². The minimum absolute atomic E-state index is 0.0865. The van der Waals surface area contributed by atoms with Crippen LogP contribution < -0.4 is 0 Å². The standard InChI is InChI=1S/C14H16BrN3O2/c1-3-11-8-12(4-2)17(16-11)9-10-5-6-13(15)14(7-10)18(19)20/h5-8H,3-4,9H2,1-2H3. The number of rotatable bonds is 5. The maximum Gasteiger partial charge on any atom is 0.283 e. The molecule has 0 amide bonds. The Kier molecular flexibility index (Phi) is 4.54. The topological polar surface area (TPSA) is 61.0 Å². The summed E-state index contributed by atoms with van der Waals surface area (Å²) >= 11 is 3.20. The molecule has 0 saturated heterocycles. The van der Waals surface area contributed by atoms with E-state index in [1.54, 1.807) is 12.1 Å². The number of halogens is 1. The molecule has 0 fully saturated rings. The van der Waals surface area contributed by atoms with Gasteiger partial charge < -0.3 is 0 Å². The molecule has 1 aromatic heterocycles. The van der Waals surface area contributed by atoms with Gasteiger partial charge in [0.15, 0.2) is 0 Å². The van der Waals surface area contributed by atoms with Crippen LogP contribution in [0.1, 0.15) is 30.8 Å². The van der Waals surface area contributed by atoms with Gasteiger partial charge in [-0.1, -0.05) is 19.9 Å². The quantitative estimate of drug-likeness (QED) is 0.616. The van der Waals surface area contributed by atoms with E-state index >= 15 is 0 Å². The van der Waals surface area contributed by atoms with Gasteiger partial charge >= 0.3 is 0 Å². The van der Waals surface area contributed by atoms with Gasteiger partial charge in [-0.2, -0.15) is 5.10 Å². The molecule has 0 aliphatic rings. The molecule has 1 heterocycles. The van der Waals surface area contributed by atoms with Gasteiger partial charge in [0.25, 0.3) is 5.69 Å². The number of nitro groups is 1. The van der Waals surface area contributed by atoms with E-state index in [-0.39, 0.29) is 10.6 Å². The zero-order valence-electron chi connectivity index (χ0n) is 11.5. The van der Waals surface area contributed by atoms with Crippen LogP contribution in [0.3, 0.4) is 0 Å². The number of benzene rings is 1. The molecule has 2 rings (SSSR count). The lowest BCUT2D eigenvalue weighted by Crippen LogP contribution is -2.06. The molecule has 0 aliphatic heterocycles. The van der Waals surface area contributed by atoms with E-state index in [4.69, 9.17) is 0 Å². The molecule has 6 heteroatoms. The van der Waals surface area contributed by atoms with Crippen molar-refractivity contribution in [3.63, 3.8) is 0 Å². The van der Waals surface area contributed by atoms with Crippen LogP contribution in [-0.4, -0.2) is 14.7 Å². The lowest BCUT2D eigenvalue weighted by Gasteiger charge is -2.06. The smallest absolute Gasteiger partial charge is 0.265 e. The lowest BCUT2D eigenvalue weighted by molar-refractivity contribution is -0.385. The summed E-state index contributed by atoms with van der Waals surface area (Å²) in [5, 5.41) is 15.5. The third-order valence-corrected chi connectivity index (χ3v) is 3.85. The first kappa shape index (κ1) is 14.7. The summed E-state index contributed by atoms with van der Waals surface area (Å²) in [5.41, 5.74) is 3.16. The molecule has 0 N–H and O–H groups in total. The van der Waals surface area contributed by atoms with Crippen LogP contribution in [-0.2, 0) is 19.4 Å². The average Bonchev–Trinajstić information content (AvgIpc) is 2.83. The fraction of sp³-hybridized carbons (Fsp3) is 0.357. The lowest BCUT2D eigenvalue weighted by atomic mass is 10.2. The zero-order valence-corrected chi connectivity index (χ0v) is 13.1. The fourth-order valence-electron chi connectivity index (χ4n) is 2.08. The Bertz CT molecular complexity index is 637. The molecular weight excluding hydrogens is 322 g/mol. The summed E-state index contributed by atoms with van der Waals surface area (Å²) in [6.45, 7) is 4.70. The maximum absolute atomic E-state index is 11.0. The Balaban J connectivity index is 2.32. The van der Waals surface area contributed by atoms with Gasteiger partial charge in [-0.25, -0.2) is 0 Å². The first-order valence-corrected chi connectivity index (χ1v) is 7.32. The summed E-state index contributed by atoms with van der Waals surface area (Å²) in [6, 6.07) is 7.28. The monoisotopic (exact) mass is 337 g/mol. The predicted octanol–water partition coefficient (Wildman–Crippen LogP) is 3.73. The van der Waals surface area contributed by atoms with Crippen molar-refractivity contribution in [3.8, 4) is 0 Å². The number of nitrogens with zero attached hydrogens (tertiary/aromatic N) is 3. The molecule has 0 bridgehead atoms. The van der Waals surface area contributed by atoms with Crippen LogP contribution in [0.15, 0.2) is 28.7 Å². The molecule has 0 spiro atoms. The van der Waals surface area contributed by atoms with E-state index in [9.17, 15) is 10.1 Å². The van der Waals surface area contributed by atoms with E-state index in [1.165, 1.54) is 0 Å². The summed E-state index contributed by atoms with van der Waals surface area (Å²) in [6.07, 6.45) is 1.78. The highest BCUT2D eigenvalue weighted by atomic mass is 79.9. The van der Waals surface area contributed by atoms with E-state index in [2.05, 4.69) is 40.9 Å². The van der Waals surface area contributed by atoms with Crippen molar-refractivity contribution in [1.29, 1.82) is 0 Å². The highest BCUT2D eigenvalue weighted by molar-refractivity contribution is 9.10. The molecule has 20 heavy (non-hydrogen) atoms. The molecule has 5 nitrogen and oxygen atoms in total. The number of aryl methyl sites for hydroxylation is 2. The number of hydrogen-bond acceptors (Lipinski definition) is 3. The van der Waals surface area contributed by atoms with Crippen molar-refractivity contribution in [2.75, 3.05) is 0 Å². The van der Waals surface area contributed by atoms with Crippen molar-refractivity contribution in [3.05, 3.63) is 55.8 Å². The van der Waals surface area contributed by atoms with Crippen molar-refractivity contribution in [1.82, 2.24) is 9.78 Å². The van der Waals surface area contributed by atoms with Crippen molar-refractivity contribution < 1.29 is 4.92 Å². The van der Waals surface area contributed by atoms with Crippen LogP contribution in [0.5, 0.6) is 0 Å². The van der Waals surface area contributed by atoms with Crippen LogP contribution in [0.2, 0.25) is 0 Å². The molecular formula is C14H16BrN3O2. The molecule has 1 aromatic carbocycles. The van der Waals surface area contributed by atoms with Gasteiger partial charge in [0.1, 0.15) is 0 Å².